The number of aryl methyl sites for hydroxylation is 2. The zero-order valence-electron chi connectivity index (χ0n) is 26.5. The average molecular weight is 659 g/mol. The Labute approximate surface area is 273 Å². The van der Waals surface area contributed by atoms with Gasteiger partial charge in [0, 0.05) is 35.5 Å². The number of aliphatic carboxylic acids is 1. The number of likely N-dealkylation sites (tertiary alicyclic amines) is 1. The number of halogens is 1. The molecule has 0 unspecified atom stereocenters. The lowest BCUT2D eigenvalue weighted by Crippen LogP contribution is -2.64. The highest BCUT2D eigenvalue weighted by molar-refractivity contribution is 6.30. The van der Waals surface area contributed by atoms with Crippen molar-refractivity contribution in [3.63, 3.8) is 0 Å². The topological polar surface area (TPSA) is 151 Å². The van der Waals surface area contributed by atoms with Gasteiger partial charge in [-0.25, -0.2) is 14.6 Å². The smallest absolute Gasteiger partial charge is 0.480 e. The van der Waals surface area contributed by atoms with Crippen LogP contribution >= 0.6 is 11.6 Å². The molecule has 46 heavy (non-hydrogen) atoms. The fraction of sp³-hybridized carbons (Fsp3) is 0.576. The first-order chi connectivity index (χ1) is 21.9. The number of hydrogen-bond acceptors (Lipinski definition) is 10. The number of nitrogens with one attached hydrogen (secondary N) is 1. The molecule has 3 heterocycles. The van der Waals surface area contributed by atoms with Crippen LogP contribution in [0.25, 0.3) is 0 Å². The van der Waals surface area contributed by atoms with E-state index in [4.69, 9.17) is 30.9 Å². The summed E-state index contributed by atoms with van der Waals surface area (Å²) >= 11 is 6.25. The van der Waals surface area contributed by atoms with E-state index in [-0.39, 0.29) is 31.5 Å². The number of benzene rings is 1. The van der Waals surface area contributed by atoms with E-state index in [1.54, 1.807) is 45.0 Å². The molecule has 0 spiro atoms. The number of anilines is 1. The number of hydroxylamine groups is 2. The molecule has 250 valence electrons. The molecule has 2 fully saturated rings. The molecule has 2 aromatic rings. The van der Waals surface area contributed by atoms with E-state index in [0.717, 1.165) is 48.8 Å². The molecule has 5 rings (SSSR count). The largest absolute Gasteiger partial charge is 0.528 e. The van der Waals surface area contributed by atoms with E-state index < -0.39 is 42.1 Å². The number of hydrogen-bond donors (Lipinski definition) is 3. The van der Waals surface area contributed by atoms with Gasteiger partial charge in [0.05, 0.1) is 13.1 Å². The lowest BCUT2D eigenvalue weighted by atomic mass is 9.76. The number of carbonyl (C=O) groups is 3. The SMILES string of the molecule is CC(C)(C)OC(=O)N1CC(OC(=O)ON(C2CC(CCc3ccc4c(n3)NCCC4)C2)[C@@H](CCO)C(=O)O)(c2cccc(Cl)c2)C1. The van der Waals surface area contributed by atoms with Gasteiger partial charge in [-0.05, 0) is 95.4 Å². The standard InChI is InChI=1S/C33H43ClN4O8/c1-32(2,3)44-30(42)37-19-33(20-37,23-7-4-8-24(34)18-23)45-31(43)46-38(27(13-15-39)29(40)41)26-16-21(17-26)9-11-25-12-10-22-6-5-14-35-28(22)36-25/h4,7-8,10,12,18,21,26-27,39H,5-6,9,11,13-17,19-20H2,1-3H3,(H,35,36)(H,40,41)/t21?,26?,27-/m0/s1. The Morgan fingerprint density at radius 1 is 1.20 bits per heavy atom. The van der Waals surface area contributed by atoms with E-state index in [2.05, 4.69) is 17.4 Å². The zero-order chi connectivity index (χ0) is 33.1. The summed E-state index contributed by atoms with van der Waals surface area (Å²) < 4.78 is 11.3. The number of carboxylic acid groups (broad SMARTS) is 1. The maximum absolute atomic E-state index is 13.4. The monoisotopic (exact) mass is 658 g/mol. The minimum Gasteiger partial charge on any atom is -0.480 e. The van der Waals surface area contributed by atoms with Crippen molar-refractivity contribution >= 4 is 35.6 Å². The first kappa shape index (κ1) is 33.7. The molecular formula is C33H43ClN4O8. The molecule has 0 radical (unpaired) electrons. The highest BCUT2D eigenvalue weighted by Crippen LogP contribution is 2.40. The Hall–Kier alpha value is -3.61. The van der Waals surface area contributed by atoms with Crippen molar-refractivity contribution in [1.82, 2.24) is 14.9 Å². The van der Waals surface area contributed by atoms with Crippen LogP contribution in [-0.4, -0.2) is 87.3 Å². The van der Waals surface area contributed by atoms with Crippen molar-refractivity contribution in [2.45, 2.75) is 89.0 Å². The third-order valence-corrected chi connectivity index (χ3v) is 8.91. The van der Waals surface area contributed by atoms with Crippen LogP contribution in [-0.2, 0) is 37.5 Å². The molecule has 1 saturated carbocycles. The molecule has 1 aromatic carbocycles. The van der Waals surface area contributed by atoms with Gasteiger partial charge in [0.15, 0.2) is 5.60 Å². The molecule has 12 nitrogen and oxygen atoms in total. The molecule has 3 N–H and O–H groups in total. The van der Waals surface area contributed by atoms with Gasteiger partial charge < -0.3 is 29.8 Å². The Balaban J connectivity index is 1.24. The first-order valence-electron chi connectivity index (χ1n) is 15.9. The lowest BCUT2D eigenvalue weighted by molar-refractivity contribution is -0.229. The number of aromatic nitrogens is 1. The van der Waals surface area contributed by atoms with Crippen LogP contribution in [0.3, 0.4) is 0 Å². The minimum absolute atomic E-state index is 0.00585. The second-order valence-corrected chi connectivity index (χ2v) is 13.8. The summed E-state index contributed by atoms with van der Waals surface area (Å²) in [7, 11) is 0. The van der Waals surface area contributed by atoms with Crippen molar-refractivity contribution in [1.29, 1.82) is 0 Å². The Morgan fingerprint density at radius 2 is 1.96 bits per heavy atom. The third-order valence-electron chi connectivity index (χ3n) is 8.68. The first-order valence-corrected chi connectivity index (χ1v) is 16.2. The molecule has 3 aliphatic rings. The van der Waals surface area contributed by atoms with Gasteiger partial charge in [-0.3, -0.25) is 9.69 Å². The van der Waals surface area contributed by atoms with Gasteiger partial charge in [-0.1, -0.05) is 29.8 Å². The second kappa shape index (κ2) is 14.0. The molecule has 1 saturated heterocycles. The van der Waals surface area contributed by atoms with E-state index in [9.17, 15) is 24.6 Å². The molecular weight excluding hydrogens is 616 g/mol. The van der Waals surface area contributed by atoms with Crippen LogP contribution in [0.4, 0.5) is 15.4 Å². The summed E-state index contributed by atoms with van der Waals surface area (Å²) in [4.78, 5) is 50.2. The lowest BCUT2D eigenvalue weighted by Gasteiger charge is -2.49. The number of amides is 1. The van der Waals surface area contributed by atoms with Crippen molar-refractivity contribution in [3.8, 4) is 0 Å². The number of rotatable bonds is 11. The quantitative estimate of drug-likeness (QED) is 0.217. The number of pyridine rings is 1. The predicted molar refractivity (Wildman–Crippen MR) is 169 cm³/mol. The molecule has 0 bridgehead atoms. The van der Waals surface area contributed by atoms with E-state index in [0.29, 0.717) is 23.4 Å². The van der Waals surface area contributed by atoms with Crippen LogP contribution in [0, 0.1) is 5.92 Å². The number of nitrogens with zero attached hydrogens (tertiary/aromatic N) is 3. The Bertz CT molecular complexity index is 1420. The maximum Gasteiger partial charge on any atom is 0.528 e. The van der Waals surface area contributed by atoms with E-state index >= 15 is 0 Å². The summed E-state index contributed by atoms with van der Waals surface area (Å²) in [5, 5.41) is 24.6. The fourth-order valence-corrected chi connectivity index (χ4v) is 6.44. The zero-order valence-corrected chi connectivity index (χ0v) is 27.3. The van der Waals surface area contributed by atoms with Crippen LogP contribution in [0.15, 0.2) is 36.4 Å². The Kier molecular flexibility index (Phi) is 10.3. The van der Waals surface area contributed by atoms with E-state index in [1.165, 1.54) is 10.5 Å². The van der Waals surface area contributed by atoms with Crippen LogP contribution in [0.1, 0.15) is 69.7 Å². The van der Waals surface area contributed by atoms with Crippen LogP contribution < -0.4 is 5.32 Å². The summed E-state index contributed by atoms with van der Waals surface area (Å²) in [6, 6.07) is 9.34. The van der Waals surface area contributed by atoms with Crippen molar-refractivity contribution in [2.24, 2.45) is 5.92 Å². The average Bonchev–Trinajstić information content (AvgIpc) is 2.95. The summed E-state index contributed by atoms with van der Waals surface area (Å²) in [5.41, 5.74) is 0.809. The number of aliphatic hydroxyl groups is 1. The highest BCUT2D eigenvalue weighted by atomic mass is 35.5. The summed E-state index contributed by atoms with van der Waals surface area (Å²) in [6.07, 6.45) is 3.18. The van der Waals surface area contributed by atoms with Gasteiger partial charge in [0.25, 0.3) is 0 Å². The second-order valence-electron chi connectivity index (χ2n) is 13.4. The van der Waals surface area contributed by atoms with Crippen LogP contribution in [0.5, 0.6) is 0 Å². The van der Waals surface area contributed by atoms with E-state index in [1.807, 2.05) is 0 Å². The molecule has 1 aromatic heterocycles. The summed E-state index contributed by atoms with van der Waals surface area (Å²) in [6.45, 7) is 5.79. The fourth-order valence-electron chi connectivity index (χ4n) is 6.25. The van der Waals surface area contributed by atoms with Gasteiger partial charge in [0.1, 0.15) is 17.5 Å². The van der Waals surface area contributed by atoms with Crippen molar-refractivity contribution in [2.75, 3.05) is 31.6 Å². The molecule has 1 aliphatic carbocycles. The number of ether oxygens (including phenoxy) is 2. The number of carboxylic acids is 1. The maximum atomic E-state index is 13.4. The van der Waals surface area contributed by atoms with Crippen molar-refractivity contribution in [3.05, 3.63) is 58.2 Å². The third kappa shape index (κ3) is 8.02. The van der Waals surface area contributed by atoms with Crippen molar-refractivity contribution < 1.29 is 38.9 Å². The minimum atomic E-state index is -1.28. The molecule has 2 aliphatic heterocycles. The van der Waals surface area contributed by atoms with Gasteiger partial charge in [-0.2, -0.15) is 0 Å². The number of fused-ring (bicyclic) bond motifs is 1. The number of carbonyl (C=O) groups excluding carboxylic acids is 2. The van der Waals surface area contributed by atoms with Crippen LogP contribution in [0.2, 0.25) is 5.02 Å². The van der Waals surface area contributed by atoms with Gasteiger partial charge in [-0.15, -0.1) is 5.06 Å². The molecule has 1 atom stereocenters. The number of aliphatic hydroxyl groups excluding tert-OH is 1. The highest BCUT2D eigenvalue weighted by Gasteiger charge is 2.52. The van der Waals surface area contributed by atoms with Gasteiger partial charge in [0.2, 0.25) is 0 Å². The Morgan fingerprint density at radius 3 is 2.63 bits per heavy atom. The molecule has 13 heteroatoms. The predicted octanol–water partition coefficient (Wildman–Crippen LogP) is 5.16. The van der Waals surface area contributed by atoms with Gasteiger partial charge >= 0.3 is 18.2 Å². The molecule has 1 amide bonds. The normalized spacial score (nSPS) is 20.8. The summed E-state index contributed by atoms with van der Waals surface area (Å²) in [5.74, 6) is 0.0199.